The zero-order valence-electron chi connectivity index (χ0n) is 11.0. The molecule has 100 valence electrons. The molecule has 0 bridgehead atoms. The van der Waals surface area contributed by atoms with E-state index in [-0.39, 0.29) is 5.75 Å². The van der Waals surface area contributed by atoms with Gasteiger partial charge < -0.3 is 9.47 Å². The standard InChI is InChI=1S/C13H18FNO3/c1-5-17-11-8-9(14)6-7-10(11)15-12(16)18-13(2,3)4/h6-8H,5H2,1-4H3,(H,15,16). The molecule has 0 saturated carbocycles. The van der Waals surface area contributed by atoms with Crippen LogP contribution >= 0.6 is 0 Å². The van der Waals surface area contributed by atoms with Gasteiger partial charge in [0.1, 0.15) is 17.2 Å². The summed E-state index contributed by atoms with van der Waals surface area (Å²) in [5, 5.41) is 2.53. The Morgan fingerprint density at radius 1 is 1.39 bits per heavy atom. The zero-order valence-corrected chi connectivity index (χ0v) is 11.0. The second-order valence-electron chi connectivity index (χ2n) is 4.70. The van der Waals surface area contributed by atoms with E-state index in [1.807, 2.05) is 0 Å². The van der Waals surface area contributed by atoms with Crippen LogP contribution in [0.5, 0.6) is 5.75 Å². The van der Waals surface area contributed by atoms with Crippen molar-refractivity contribution in [1.29, 1.82) is 0 Å². The molecule has 0 aliphatic heterocycles. The number of amides is 1. The number of benzene rings is 1. The molecule has 0 atom stereocenters. The molecule has 1 aromatic rings. The summed E-state index contributed by atoms with van der Waals surface area (Å²) in [5.74, 6) is -0.142. The van der Waals surface area contributed by atoms with E-state index in [2.05, 4.69) is 5.32 Å². The Kier molecular flexibility index (Phi) is 4.53. The first-order valence-electron chi connectivity index (χ1n) is 5.74. The van der Waals surface area contributed by atoms with E-state index in [1.54, 1.807) is 27.7 Å². The van der Waals surface area contributed by atoms with Crippen LogP contribution in [0.2, 0.25) is 0 Å². The van der Waals surface area contributed by atoms with Crippen LogP contribution < -0.4 is 10.1 Å². The topological polar surface area (TPSA) is 47.6 Å². The zero-order chi connectivity index (χ0) is 13.8. The quantitative estimate of drug-likeness (QED) is 0.898. The highest BCUT2D eigenvalue weighted by atomic mass is 19.1. The van der Waals surface area contributed by atoms with E-state index in [1.165, 1.54) is 18.2 Å². The third-order valence-electron chi connectivity index (χ3n) is 1.88. The molecule has 4 nitrogen and oxygen atoms in total. The lowest BCUT2D eigenvalue weighted by Crippen LogP contribution is -2.27. The van der Waals surface area contributed by atoms with Gasteiger partial charge in [-0.1, -0.05) is 0 Å². The van der Waals surface area contributed by atoms with Crippen LogP contribution in [0.4, 0.5) is 14.9 Å². The maximum Gasteiger partial charge on any atom is 0.412 e. The van der Waals surface area contributed by atoms with Gasteiger partial charge in [-0.2, -0.15) is 0 Å². The average molecular weight is 255 g/mol. The molecule has 1 N–H and O–H groups in total. The molecule has 1 rings (SSSR count). The molecule has 1 aromatic carbocycles. The minimum absolute atomic E-state index is 0.281. The van der Waals surface area contributed by atoms with Gasteiger partial charge >= 0.3 is 6.09 Å². The van der Waals surface area contributed by atoms with E-state index in [9.17, 15) is 9.18 Å². The van der Waals surface area contributed by atoms with Gasteiger partial charge in [0.2, 0.25) is 0 Å². The average Bonchev–Trinajstić information content (AvgIpc) is 2.20. The highest BCUT2D eigenvalue weighted by Gasteiger charge is 2.17. The molecule has 1 amide bonds. The van der Waals surface area contributed by atoms with E-state index in [0.29, 0.717) is 12.3 Å². The number of hydrogen-bond donors (Lipinski definition) is 1. The van der Waals surface area contributed by atoms with Crippen molar-refractivity contribution in [3.05, 3.63) is 24.0 Å². The van der Waals surface area contributed by atoms with Gasteiger partial charge in [-0.25, -0.2) is 9.18 Å². The lowest BCUT2D eigenvalue weighted by atomic mass is 10.2. The number of anilines is 1. The highest BCUT2D eigenvalue weighted by molar-refractivity contribution is 5.86. The predicted octanol–water partition coefficient (Wildman–Crippen LogP) is 3.57. The van der Waals surface area contributed by atoms with Crippen LogP contribution in [0.3, 0.4) is 0 Å². The monoisotopic (exact) mass is 255 g/mol. The van der Waals surface area contributed by atoms with Crippen LogP contribution in [0.1, 0.15) is 27.7 Å². The van der Waals surface area contributed by atoms with E-state index >= 15 is 0 Å². The molecule has 0 heterocycles. The van der Waals surface area contributed by atoms with Crippen molar-refractivity contribution < 1.29 is 18.7 Å². The molecule has 0 aromatic heterocycles. The maximum absolute atomic E-state index is 13.1. The van der Waals surface area contributed by atoms with Crippen LogP contribution in [0, 0.1) is 5.82 Å². The number of halogens is 1. The largest absolute Gasteiger partial charge is 0.492 e. The fourth-order valence-corrected chi connectivity index (χ4v) is 1.29. The van der Waals surface area contributed by atoms with Gasteiger partial charge in [0.25, 0.3) is 0 Å². The molecule has 0 aliphatic rings. The summed E-state index contributed by atoms with van der Waals surface area (Å²) in [6.07, 6.45) is -0.602. The Balaban J connectivity index is 2.80. The number of rotatable bonds is 3. The molecule has 5 heteroatoms. The molecular weight excluding hydrogens is 237 g/mol. The third-order valence-corrected chi connectivity index (χ3v) is 1.88. The first kappa shape index (κ1) is 14.3. The maximum atomic E-state index is 13.1. The third kappa shape index (κ3) is 4.61. The smallest absolute Gasteiger partial charge is 0.412 e. The summed E-state index contributed by atoms with van der Waals surface area (Å²) in [6, 6.07) is 3.90. The van der Waals surface area contributed by atoms with Gasteiger partial charge in [-0.3, -0.25) is 5.32 Å². The number of carbonyl (C=O) groups excluding carboxylic acids is 1. The minimum Gasteiger partial charge on any atom is -0.492 e. The van der Waals surface area contributed by atoms with Crippen LogP contribution in [-0.4, -0.2) is 18.3 Å². The SMILES string of the molecule is CCOc1cc(F)ccc1NC(=O)OC(C)(C)C. The number of ether oxygens (including phenoxy) is 2. The Hall–Kier alpha value is -1.78. The van der Waals surface area contributed by atoms with Crippen molar-refractivity contribution in [2.24, 2.45) is 0 Å². The predicted molar refractivity (Wildman–Crippen MR) is 67.4 cm³/mol. The molecule has 18 heavy (non-hydrogen) atoms. The fourth-order valence-electron chi connectivity index (χ4n) is 1.29. The summed E-state index contributed by atoms with van der Waals surface area (Å²) in [7, 11) is 0. The van der Waals surface area contributed by atoms with Crippen molar-refractivity contribution in [2.75, 3.05) is 11.9 Å². The van der Waals surface area contributed by atoms with Crippen LogP contribution in [0.15, 0.2) is 18.2 Å². The highest BCUT2D eigenvalue weighted by Crippen LogP contribution is 2.26. The summed E-state index contributed by atoms with van der Waals surface area (Å²) in [6.45, 7) is 7.46. The number of carbonyl (C=O) groups is 1. The lowest BCUT2D eigenvalue weighted by Gasteiger charge is -2.20. The van der Waals surface area contributed by atoms with E-state index < -0.39 is 17.5 Å². The molecular formula is C13H18FNO3. The minimum atomic E-state index is -0.602. The second-order valence-corrected chi connectivity index (χ2v) is 4.70. The van der Waals surface area contributed by atoms with Gasteiger partial charge in [0, 0.05) is 6.07 Å². The van der Waals surface area contributed by atoms with Crippen LogP contribution in [0.25, 0.3) is 0 Å². The molecule has 0 radical (unpaired) electrons. The Morgan fingerprint density at radius 2 is 2.06 bits per heavy atom. The summed E-state index contributed by atoms with van der Waals surface area (Å²) >= 11 is 0. The molecule has 0 saturated heterocycles. The normalized spacial score (nSPS) is 10.9. The van der Waals surface area contributed by atoms with Crippen molar-refractivity contribution in [3.8, 4) is 5.75 Å². The van der Waals surface area contributed by atoms with Gasteiger partial charge in [-0.05, 0) is 39.8 Å². The summed E-state index contributed by atoms with van der Waals surface area (Å²) < 4.78 is 23.4. The fraction of sp³-hybridized carbons (Fsp3) is 0.462. The Labute approximate surface area is 106 Å². The molecule has 0 spiro atoms. The molecule has 0 unspecified atom stereocenters. The van der Waals surface area contributed by atoms with E-state index in [0.717, 1.165) is 0 Å². The van der Waals surface area contributed by atoms with Crippen molar-refractivity contribution in [3.63, 3.8) is 0 Å². The number of nitrogens with one attached hydrogen (secondary N) is 1. The summed E-state index contributed by atoms with van der Waals surface area (Å²) in [4.78, 5) is 11.6. The summed E-state index contributed by atoms with van der Waals surface area (Å²) in [5.41, 5.74) is -0.205. The van der Waals surface area contributed by atoms with Crippen molar-refractivity contribution in [2.45, 2.75) is 33.3 Å². The van der Waals surface area contributed by atoms with Gasteiger partial charge in [0.05, 0.1) is 12.3 Å². The van der Waals surface area contributed by atoms with Gasteiger partial charge in [0.15, 0.2) is 0 Å². The van der Waals surface area contributed by atoms with Crippen molar-refractivity contribution in [1.82, 2.24) is 0 Å². The first-order chi connectivity index (χ1) is 8.31. The molecule has 0 fully saturated rings. The Morgan fingerprint density at radius 3 is 2.61 bits per heavy atom. The van der Waals surface area contributed by atoms with E-state index in [4.69, 9.17) is 9.47 Å². The lowest BCUT2D eigenvalue weighted by molar-refractivity contribution is 0.0635. The van der Waals surface area contributed by atoms with Gasteiger partial charge in [-0.15, -0.1) is 0 Å². The Bertz CT molecular complexity index is 427. The van der Waals surface area contributed by atoms with Crippen LogP contribution in [-0.2, 0) is 4.74 Å². The van der Waals surface area contributed by atoms with Crippen molar-refractivity contribution >= 4 is 11.8 Å². The first-order valence-corrected chi connectivity index (χ1v) is 5.74. The number of hydrogen-bond acceptors (Lipinski definition) is 3. The molecule has 0 aliphatic carbocycles. The second kappa shape index (κ2) is 5.71.